The van der Waals surface area contributed by atoms with Crippen molar-refractivity contribution in [1.29, 1.82) is 0 Å². The third-order valence-electron chi connectivity index (χ3n) is 6.27. The number of nitrogens with zero attached hydrogens (tertiary/aromatic N) is 4. The molecule has 1 unspecified atom stereocenters. The zero-order valence-electron chi connectivity index (χ0n) is 13.5. The van der Waals surface area contributed by atoms with Crippen LogP contribution in [0.15, 0.2) is 12.4 Å². The molecule has 0 N–H and O–H groups in total. The molecule has 5 heterocycles. The predicted octanol–water partition coefficient (Wildman–Crippen LogP) is 2.15. The Balaban J connectivity index is 1.59. The van der Waals surface area contributed by atoms with Crippen LogP contribution in [0.25, 0.3) is 10.9 Å². The van der Waals surface area contributed by atoms with E-state index in [2.05, 4.69) is 16.8 Å². The third-order valence-corrected chi connectivity index (χ3v) is 6.27. The van der Waals surface area contributed by atoms with Crippen LogP contribution in [0.1, 0.15) is 35.8 Å². The maximum atomic E-state index is 13.2. The molecular weight excluding hydrogens is 288 g/mol. The molecule has 120 valence electrons. The topological polar surface area (TPSA) is 51.0 Å². The summed E-state index contributed by atoms with van der Waals surface area (Å²) in [7, 11) is 0. The van der Waals surface area contributed by atoms with Gasteiger partial charge in [-0.05, 0) is 44.7 Å². The number of aryl methyl sites for hydroxylation is 1. The second-order valence-corrected chi connectivity index (χ2v) is 7.32. The third kappa shape index (κ3) is 1.86. The summed E-state index contributed by atoms with van der Waals surface area (Å²) in [6.07, 6.45) is 6.94. The van der Waals surface area contributed by atoms with Gasteiger partial charge in [-0.1, -0.05) is 0 Å². The summed E-state index contributed by atoms with van der Waals surface area (Å²) < 4.78 is 1.99. The molecule has 2 atom stereocenters. The first kappa shape index (κ1) is 13.7. The van der Waals surface area contributed by atoms with Crippen LogP contribution in [0, 0.1) is 17.8 Å². The number of hydrogen-bond acceptors (Lipinski definition) is 4. The van der Waals surface area contributed by atoms with Crippen molar-refractivity contribution in [3.8, 4) is 0 Å². The number of hydrogen-bond donors (Lipinski definition) is 0. The van der Waals surface area contributed by atoms with Gasteiger partial charge in [-0.3, -0.25) is 14.5 Å². The van der Waals surface area contributed by atoms with Gasteiger partial charge in [0.2, 0.25) is 0 Å². The smallest absolute Gasteiger partial charge is 0.168 e. The van der Waals surface area contributed by atoms with Gasteiger partial charge in [0.05, 0.1) is 17.4 Å². The maximum Gasteiger partial charge on any atom is 0.168 e. The average molecular weight is 310 g/mol. The average Bonchev–Trinajstić information content (AvgIpc) is 2.98. The first-order chi connectivity index (χ1) is 11.3. The molecule has 23 heavy (non-hydrogen) atoms. The Labute approximate surface area is 135 Å². The molecule has 6 rings (SSSR count). The first-order valence-electron chi connectivity index (χ1n) is 8.86. The normalized spacial score (nSPS) is 32.7. The van der Waals surface area contributed by atoms with Gasteiger partial charge in [0.25, 0.3) is 0 Å². The van der Waals surface area contributed by atoms with E-state index in [0.717, 1.165) is 47.6 Å². The van der Waals surface area contributed by atoms with Gasteiger partial charge in [-0.25, -0.2) is 0 Å². The fourth-order valence-corrected chi connectivity index (χ4v) is 5.08. The molecule has 2 bridgehead atoms. The van der Waals surface area contributed by atoms with E-state index in [0.29, 0.717) is 11.7 Å². The lowest BCUT2D eigenvalue weighted by molar-refractivity contribution is 0.0192. The quantitative estimate of drug-likeness (QED) is 0.853. The summed E-state index contributed by atoms with van der Waals surface area (Å²) in [6.45, 7) is 6.44. The van der Waals surface area contributed by atoms with E-state index >= 15 is 0 Å². The number of carbonyl (C=O) groups excluding carboxylic acids is 1. The number of piperidine rings is 3. The highest BCUT2D eigenvalue weighted by atomic mass is 16.1. The molecule has 2 aromatic rings. The molecule has 3 aliphatic heterocycles. The van der Waals surface area contributed by atoms with E-state index in [4.69, 9.17) is 5.10 Å². The number of ketones is 1. The minimum atomic E-state index is 0.100. The molecule has 3 fully saturated rings. The minimum absolute atomic E-state index is 0.100. The number of pyridine rings is 1. The number of fused-ring (bicyclic) bond motifs is 3. The van der Waals surface area contributed by atoms with E-state index in [9.17, 15) is 4.79 Å². The van der Waals surface area contributed by atoms with Gasteiger partial charge < -0.3 is 4.90 Å². The molecule has 5 nitrogen and oxygen atoms in total. The Morgan fingerprint density at radius 2 is 2.09 bits per heavy atom. The number of carbonyl (C=O) groups is 1. The van der Waals surface area contributed by atoms with Crippen molar-refractivity contribution in [3.63, 3.8) is 0 Å². The summed E-state index contributed by atoms with van der Waals surface area (Å²) in [4.78, 5) is 20.0. The van der Waals surface area contributed by atoms with Gasteiger partial charge in [-0.2, -0.15) is 5.10 Å². The lowest BCUT2D eigenvalue weighted by Crippen LogP contribution is -2.51. The Hall–Kier alpha value is -1.75. The molecule has 3 saturated heterocycles. The Kier molecular flexibility index (Phi) is 2.89. The highest BCUT2D eigenvalue weighted by Crippen LogP contribution is 2.42. The molecule has 0 amide bonds. The van der Waals surface area contributed by atoms with Crippen molar-refractivity contribution >= 4 is 16.7 Å². The van der Waals surface area contributed by atoms with Crippen LogP contribution in [0.5, 0.6) is 0 Å². The van der Waals surface area contributed by atoms with Crippen LogP contribution in [0.2, 0.25) is 0 Å². The van der Waals surface area contributed by atoms with E-state index in [1.165, 1.54) is 25.9 Å². The monoisotopic (exact) mass is 310 g/mol. The summed E-state index contributed by atoms with van der Waals surface area (Å²) in [6, 6.07) is 0. The second kappa shape index (κ2) is 4.87. The van der Waals surface area contributed by atoms with E-state index in [-0.39, 0.29) is 5.92 Å². The van der Waals surface area contributed by atoms with Gasteiger partial charge >= 0.3 is 0 Å². The fraction of sp³-hybridized carbons (Fsp3) is 0.611. The zero-order chi connectivity index (χ0) is 15.6. The largest absolute Gasteiger partial charge is 0.303 e. The Morgan fingerprint density at radius 1 is 1.26 bits per heavy atom. The van der Waals surface area contributed by atoms with Crippen molar-refractivity contribution in [2.75, 3.05) is 19.6 Å². The van der Waals surface area contributed by atoms with Crippen LogP contribution in [-0.4, -0.2) is 45.1 Å². The van der Waals surface area contributed by atoms with Crippen LogP contribution in [-0.2, 0) is 13.0 Å². The lowest BCUT2D eigenvalue weighted by Gasteiger charge is -2.47. The van der Waals surface area contributed by atoms with Crippen LogP contribution in [0.4, 0.5) is 0 Å². The number of rotatable bonds is 2. The Bertz CT molecular complexity index is 788. The molecule has 0 aromatic carbocycles. The van der Waals surface area contributed by atoms with Gasteiger partial charge in [0, 0.05) is 42.6 Å². The molecule has 4 aliphatic rings. The van der Waals surface area contributed by atoms with Crippen LogP contribution in [0.3, 0.4) is 0 Å². The maximum absolute atomic E-state index is 13.2. The molecule has 2 aromatic heterocycles. The van der Waals surface area contributed by atoms with Gasteiger partial charge in [0.1, 0.15) is 0 Å². The highest BCUT2D eigenvalue weighted by molar-refractivity contribution is 6.11. The van der Waals surface area contributed by atoms with E-state index in [1.54, 1.807) is 6.20 Å². The van der Waals surface area contributed by atoms with Crippen LogP contribution < -0.4 is 0 Å². The van der Waals surface area contributed by atoms with Crippen molar-refractivity contribution in [3.05, 3.63) is 23.7 Å². The molecular formula is C18H22N4O. The van der Waals surface area contributed by atoms with Crippen molar-refractivity contribution in [1.82, 2.24) is 19.7 Å². The molecule has 0 radical (unpaired) electrons. The Morgan fingerprint density at radius 3 is 2.78 bits per heavy atom. The summed E-state index contributed by atoms with van der Waals surface area (Å²) in [5.74, 6) is 1.63. The van der Waals surface area contributed by atoms with E-state index < -0.39 is 0 Å². The standard InChI is InChI=1S/C18H22N4O/c1-2-22-16-9-19-8-13-17(16)15(20-22)7-12(18(13)23)14-10-21-5-3-11(14)4-6-21/h8-9,11-12,14H,2-7,10H2,1H3/t12-,14?/m0/s1. The first-order valence-corrected chi connectivity index (χ1v) is 8.86. The molecule has 5 heteroatoms. The van der Waals surface area contributed by atoms with E-state index in [1.807, 2.05) is 10.9 Å². The van der Waals surface area contributed by atoms with Gasteiger partial charge in [0.15, 0.2) is 5.78 Å². The van der Waals surface area contributed by atoms with Gasteiger partial charge in [-0.15, -0.1) is 0 Å². The molecule has 0 saturated carbocycles. The minimum Gasteiger partial charge on any atom is -0.303 e. The van der Waals surface area contributed by atoms with Crippen molar-refractivity contribution in [2.24, 2.45) is 17.8 Å². The SMILES string of the molecule is CCn1nc2c3c(cncc31)C(=O)[C@H](C1CN3CCC1CC3)C2. The fourth-order valence-electron chi connectivity index (χ4n) is 5.08. The number of aromatic nitrogens is 3. The highest BCUT2D eigenvalue weighted by Gasteiger charge is 2.44. The molecule has 1 aliphatic carbocycles. The van der Waals surface area contributed by atoms with Crippen molar-refractivity contribution < 1.29 is 4.79 Å². The summed E-state index contributed by atoms with van der Waals surface area (Å²) in [5, 5.41) is 5.85. The summed E-state index contributed by atoms with van der Waals surface area (Å²) >= 11 is 0. The van der Waals surface area contributed by atoms with Crippen LogP contribution >= 0.6 is 0 Å². The predicted molar refractivity (Wildman–Crippen MR) is 87.4 cm³/mol. The number of Topliss-reactive ketones (excluding diaryl/α,β-unsaturated/α-hetero) is 1. The lowest BCUT2D eigenvalue weighted by atomic mass is 9.67. The second-order valence-electron chi connectivity index (χ2n) is 7.32. The molecule has 0 spiro atoms. The zero-order valence-corrected chi connectivity index (χ0v) is 13.5. The summed E-state index contributed by atoms with van der Waals surface area (Å²) in [5.41, 5.74) is 2.94. The van der Waals surface area contributed by atoms with Crippen molar-refractivity contribution in [2.45, 2.75) is 32.7 Å².